The first-order valence-electron chi connectivity index (χ1n) is 3.15. The fourth-order valence-electron chi connectivity index (χ4n) is 0.688. The summed E-state index contributed by atoms with van der Waals surface area (Å²) in [6.07, 6.45) is 2.54. The van der Waals surface area contributed by atoms with E-state index in [1.807, 2.05) is 0 Å². The number of carbonyl (C=O) groups is 1. The summed E-state index contributed by atoms with van der Waals surface area (Å²) in [7, 11) is 0. The van der Waals surface area contributed by atoms with Gasteiger partial charge in [-0.1, -0.05) is 0 Å². The molecule has 0 spiro atoms. The molecule has 0 unspecified atom stereocenters. The predicted molar refractivity (Wildman–Crippen MR) is 40.0 cm³/mol. The minimum Gasteiger partial charge on any atom is -0.504 e. The second-order valence-corrected chi connectivity index (χ2v) is 2.12. The van der Waals surface area contributed by atoms with E-state index in [0.29, 0.717) is 5.76 Å². The van der Waals surface area contributed by atoms with Gasteiger partial charge in [-0.25, -0.2) is 0 Å². The number of aliphatic hydroxyl groups excluding tert-OH is 1. The molecule has 1 rings (SSSR count). The molecule has 0 bridgehead atoms. The van der Waals surface area contributed by atoms with Gasteiger partial charge in [-0.15, -0.1) is 0 Å². The van der Waals surface area contributed by atoms with Crippen molar-refractivity contribution in [3.05, 3.63) is 30.2 Å². The molecule has 58 valence electrons. The average molecular weight is 152 g/mol. The number of furan rings is 1. The number of allylic oxidation sites excluding steroid dienone is 1. The second-order valence-electron chi connectivity index (χ2n) is 2.12. The quantitative estimate of drug-likeness (QED) is 0.519. The van der Waals surface area contributed by atoms with Gasteiger partial charge in [0.05, 0.1) is 6.26 Å². The van der Waals surface area contributed by atoms with Gasteiger partial charge in [-0.3, -0.25) is 4.79 Å². The number of carbonyl (C=O) groups excluding carboxylic acids is 1. The molecule has 0 aliphatic rings. The van der Waals surface area contributed by atoms with Crippen molar-refractivity contribution >= 4 is 11.5 Å². The molecule has 3 nitrogen and oxygen atoms in total. The summed E-state index contributed by atoms with van der Waals surface area (Å²) >= 11 is 0. The van der Waals surface area contributed by atoms with Gasteiger partial charge in [0.1, 0.15) is 0 Å². The molecule has 0 atom stereocenters. The topological polar surface area (TPSA) is 50.4 Å². The van der Waals surface area contributed by atoms with Crippen molar-refractivity contribution in [3.63, 3.8) is 0 Å². The Morgan fingerprint density at radius 1 is 1.73 bits per heavy atom. The molecule has 0 aromatic carbocycles. The lowest BCUT2D eigenvalue weighted by atomic mass is 10.3. The van der Waals surface area contributed by atoms with Crippen molar-refractivity contribution in [2.24, 2.45) is 0 Å². The standard InChI is InChI=1S/C8H8O3/c1-6(9)5-7(10)8-3-2-4-11-8/h2-5,10H,1H3. The molecule has 0 saturated heterocycles. The maximum absolute atomic E-state index is 10.5. The number of aliphatic hydroxyl groups is 1. The Balaban J connectivity index is 2.86. The summed E-state index contributed by atoms with van der Waals surface area (Å²) in [5.41, 5.74) is 0. The van der Waals surface area contributed by atoms with Crippen LogP contribution < -0.4 is 0 Å². The molecule has 0 fully saturated rings. The van der Waals surface area contributed by atoms with Gasteiger partial charge < -0.3 is 9.52 Å². The predicted octanol–water partition coefficient (Wildman–Crippen LogP) is 1.77. The normalized spacial score (nSPS) is 11.5. The smallest absolute Gasteiger partial charge is 0.168 e. The van der Waals surface area contributed by atoms with E-state index in [2.05, 4.69) is 0 Å². The Morgan fingerprint density at radius 2 is 2.45 bits per heavy atom. The summed E-state index contributed by atoms with van der Waals surface area (Å²) in [6.45, 7) is 1.36. The number of hydrogen-bond donors (Lipinski definition) is 1. The van der Waals surface area contributed by atoms with Crippen LogP contribution in [0.4, 0.5) is 0 Å². The van der Waals surface area contributed by atoms with Gasteiger partial charge in [0.15, 0.2) is 17.3 Å². The maximum atomic E-state index is 10.5. The van der Waals surface area contributed by atoms with Crippen LogP contribution in [-0.4, -0.2) is 10.9 Å². The van der Waals surface area contributed by atoms with Crippen molar-refractivity contribution in [1.82, 2.24) is 0 Å². The highest BCUT2D eigenvalue weighted by molar-refractivity contribution is 5.92. The van der Waals surface area contributed by atoms with Crippen molar-refractivity contribution in [2.45, 2.75) is 6.92 Å². The molecule has 11 heavy (non-hydrogen) atoms. The number of rotatable bonds is 2. The summed E-state index contributed by atoms with van der Waals surface area (Å²) < 4.78 is 4.83. The lowest BCUT2D eigenvalue weighted by Gasteiger charge is -1.90. The molecule has 1 N–H and O–H groups in total. The van der Waals surface area contributed by atoms with Crippen LogP contribution in [0.5, 0.6) is 0 Å². The van der Waals surface area contributed by atoms with Crippen LogP contribution in [0.25, 0.3) is 5.76 Å². The molecule has 1 aromatic heterocycles. The van der Waals surface area contributed by atoms with Gasteiger partial charge in [0.2, 0.25) is 0 Å². The van der Waals surface area contributed by atoms with E-state index in [4.69, 9.17) is 9.52 Å². The van der Waals surface area contributed by atoms with Crippen LogP contribution in [-0.2, 0) is 4.79 Å². The summed E-state index contributed by atoms with van der Waals surface area (Å²) in [5, 5.41) is 9.13. The van der Waals surface area contributed by atoms with E-state index < -0.39 is 0 Å². The summed E-state index contributed by atoms with van der Waals surface area (Å²) in [5.74, 6) is -0.0402. The van der Waals surface area contributed by atoms with E-state index in [9.17, 15) is 4.79 Å². The second kappa shape index (κ2) is 3.05. The first-order chi connectivity index (χ1) is 5.20. The molecule has 3 heteroatoms. The minimum atomic E-state index is -0.209. The van der Waals surface area contributed by atoms with Crippen molar-refractivity contribution in [1.29, 1.82) is 0 Å². The third-order valence-electron chi connectivity index (χ3n) is 1.11. The minimum absolute atomic E-state index is 0.137. The fraction of sp³-hybridized carbons (Fsp3) is 0.125. The third kappa shape index (κ3) is 1.97. The van der Waals surface area contributed by atoms with Crippen LogP contribution in [0, 0.1) is 0 Å². The lowest BCUT2D eigenvalue weighted by molar-refractivity contribution is -0.112. The van der Waals surface area contributed by atoms with E-state index in [0.717, 1.165) is 6.08 Å². The zero-order valence-electron chi connectivity index (χ0n) is 6.07. The molecule has 0 aliphatic heterocycles. The zero-order chi connectivity index (χ0) is 8.27. The fourth-order valence-corrected chi connectivity index (χ4v) is 0.688. The van der Waals surface area contributed by atoms with Crippen molar-refractivity contribution < 1.29 is 14.3 Å². The summed E-state index contributed by atoms with van der Waals surface area (Å²) in [4.78, 5) is 10.5. The van der Waals surface area contributed by atoms with Gasteiger partial charge >= 0.3 is 0 Å². The van der Waals surface area contributed by atoms with Crippen LogP contribution in [0.15, 0.2) is 28.9 Å². The molecule has 0 aliphatic carbocycles. The number of ketones is 1. The Labute approximate surface area is 64.0 Å². The lowest BCUT2D eigenvalue weighted by Crippen LogP contribution is -1.86. The molecular weight excluding hydrogens is 144 g/mol. The molecule has 0 radical (unpaired) electrons. The van der Waals surface area contributed by atoms with Crippen LogP contribution in [0.1, 0.15) is 12.7 Å². The highest BCUT2D eigenvalue weighted by atomic mass is 16.4. The molecule has 0 saturated carbocycles. The van der Waals surface area contributed by atoms with E-state index in [1.54, 1.807) is 12.1 Å². The summed E-state index contributed by atoms with van der Waals surface area (Å²) in [6, 6.07) is 3.22. The van der Waals surface area contributed by atoms with Gasteiger partial charge in [-0.2, -0.15) is 0 Å². The zero-order valence-corrected chi connectivity index (χ0v) is 6.07. The van der Waals surface area contributed by atoms with Gasteiger partial charge in [0, 0.05) is 6.08 Å². The highest BCUT2D eigenvalue weighted by Crippen LogP contribution is 2.10. The monoisotopic (exact) mass is 152 g/mol. The average Bonchev–Trinajstić information content (AvgIpc) is 2.35. The maximum Gasteiger partial charge on any atom is 0.168 e. The Morgan fingerprint density at radius 3 is 2.91 bits per heavy atom. The van der Waals surface area contributed by atoms with E-state index >= 15 is 0 Å². The van der Waals surface area contributed by atoms with Crippen LogP contribution in [0.2, 0.25) is 0 Å². The molecular formula is C8H8O3. The molecule has 1 aromatic rings. The van der Waals surface area contributed by atoms with E-state index in [1.165, 1.54) is 13.2 Å². The Kier molecular flexibility index (Phi) is 2.11. The molecule has 1 heterocycles. The highest BCUT2D eigenvalue weighted by Gasteiger charge is 2.01. The van der Waals surface area contributed by atoms with Crippen LogP contribution >= 0.6 is 0 Å². The Bertz CT molecular complexity index is 270. The van der Waals surface area contributed by atoms with Crippen LogP contribution in [0.3, 0.4) is 0 Å². The first-order valence-corrected chi connectivity index (χ1v) is 3.15. The van der Waals surface area contributed by atoms with Gasteiger partial charge in [-0.05, 0) is 19.1 Å². The first kappa shape index (κ1) is 7.60. The van der Waals surface area contributed by atoms with E-state index in [-0.39, 0.29) is 11.5 Å². The van der Waals surface area contributed by atoms with Crippen molar-refractivity contribution in [3.8, 4) is 0 Å². The van der Waals surface area contributed by atoms with Crippen molar-refractivity contribution in [2.75, 3.05) is 0 Å². The SMILES string of the molecule is CC(=O)C=C(O)c1ccco1. The third-order valence-corrected chi connectivity index (χ3v) is 1.11. The van der Waals surface area contributed by atoms with Gasteiger partial charge in [0.25, 0.3) is 0 Å². The largest absolute Gasteiger partial charge is 0.504 e. The number of hydrogen-bond acceptors (Lipinski definition) is 3. The molecule has 0 amide bonds. The Hall–Kier alpha value is -1.51.